The Kier molecular flexibility index (Phi) is 1.64. The Labute approximate surface area is 60.2 Å². The highest BCUT2D eigenvalue weighted by atomic mass is 35.5. The normalized spacial score (nSPS) is 32.0. The van der Waals surface area contributed by atoms with Crippen molar-refractivity contribution in [2.24, 2.45) is 0 Å². The van der Waals surface area contributed by atoms with Crippen molar-refractivity contribution in [3.8, 4) is 12.3 Å². The zero-order chi connectivity index (χ0) is 6.74. The number of alkyl halides is 1. The van der Waals surface area contributed by atoms with E-state index in [0.717, 1.165) is 0 Å². The van der Waals surface area contributed by atoms with E-state index in [4.69, 9.17) is 18.0 Å². The van der Waals surface area contributed by atoms with E-state index < -0.39 is 4.87 Å². The van der Waals surface area contributed by atoms with Gasteiger partial charge in [0, 0.05) is 6.42 Å². The van der Waals surface area contributed by atoms with Crippen LogP contribution in [0.3, 0.4) is 0 Å². The summed E-state index contributed by atoms with van der Waals surface area (Å²) in [5.74, 6) is 2.45. The molecule has 0 heterocycles. The molecule has 1 radical (unpaired) electrons. The molecule has 0 saturated heterocycles. The summed E-state index contributed by atoms with van der Waals surface area (Å²) in [6, 6.07) is 0. The second-order valence-corrected chi connectivity index (χ2v) is 2.45. The fourth-order valence-corrected chi connectivity index (χ4v) is 0.753. The molecule has 0 N–H and O–H groups in total. The number of terminal acetylenes is 1. The van der Waals surface area contributed by atoms with Gasteiger partial charge in [0.05, 0.1) is 0 Å². The van der Waals surface area contributed by atoms with Gasteiger partial charge in [-0.05, 0) is 0 Å². The van der Waals surface area contributed by atoms with Gasteiger partial charge in [0.1, 0.15) is 4.87 Å². The largest absolute Gasteiger partial charge is 0.130 e. The van der Waals surface area contributed by atoms with Crippen molar-refractivity contribution in [1.82, 2.24) is 0 Å². The van der Waals surface area contributed by atoms with E-state index in [1.807, 2.05) is 18.2 Å². The Bertz CT molecular complexity index is 195. The molecule has 1 heteroatoms. The van der Waals surface area contributed by atoms with E-state index in [1.165, 1.54) is 0 Å². The zero-order valence-electron chi connectivity index (χ0n) is 4.84. The van der Waals surface area contributed by atoms with Crippen LogP contribution in [0, 0.1) is 18.8 Å². The average molecular weight is 138 g/mol. The first-order valence-corrected chi connectivity index (χ1v) is 3.02. The predicted octanol–water partition coefficient (Wildman–Crippen LogP) is 1.93. The summed E-state index contributed by atoms with van der Waals surface area (Å²) in [6.45, 7) is 0. The van der Waals surface area contributed by atoms with Crippen LogP contribution in [0.1, 0.15) is 0 Å². The van der Waals surface area contributed by atoms with Crippen LogP contribution in [-0.4, -0.2) is 4.87 Å². The second-order valence-electron chi connectivity index (χ2n) is 1.82. The van der Waals surface area contributed by atoms with Gasteiger partial charge in [-0.25, -0.2) is 0 Å². The highest BCUT2D eigenvalue weighted by Crippen LogP contribution is 2.22. The second kappa shape index (κ2) is 2.29. The van der Waals surface area contributed by atoms with Crippen molar-refractivity contribution >= 4 is 11.6 Å². The molecule has 1 unspecified atom stereocenters. The van der Waals surface area contributed by atoms with E-state index in [1.54, 1.807) is 12.5 Å². The van der Waals surface area contributed by atoms with Gasteiger partial charge in [0.2, 0.25) is 0 Å². The fourth-order valence-electron chi connectivity index (χ4n) is 0.607. The number of hydrogen-bond donors (Lipinski definition) is 0. The molecule has 0 aliphatic heterocycles. The van der Waals surface area contributed by atoms with Gasteiger partial charge in [0.15, 0.2) is 0 Å². The summed E-state index contributed by atoms with van der Waals surface area (Å²) in [6.07, 6.45) is 14.3. The Morgan fingerprint density at radius 1 is 1.33 bits per heavy atom. The zero-order valence-corrected chi connectivity index (χ0v) is 5.60. The lowest BCUT2D eigenvalue weighted by atomic mass is 10.0. The van der Waals surface area contributed by atoms with Gasteiger partial charge < -0.3 is 0 Å². The average Bonchev–Trinajstić information content (AvgIpc) is 1.90. The maximum absolute atomic E-state index is 5.83. The van der Waals surface area contributed by atoms with Gasteiger partial charge >= 0.3 is 0 Å². The van der Waals surface area contributed by atoms with Crippen molar-refractivity contribution in [1.29, 1.82) is 0 Å². The van der Waals surface area contributed by atoms with Crippen LogP contribution in [0.2, 0.25) is 0 Å². The first kappa shape index (κ1) is 6.45. The van der Waals surface area contributed by atoms with Crippen molar-refractivity contribution in [3.63, 3.8) is 0 Å². The molecular weight excluding hydrogens is 132 g/mol. The maximum atomic E-state index is 5.83. The van der Waals surface area contributed by atoms with Crippen LogP contribution in [0.25, 0.3) is 0 Å². The fraction of sp³-hybridized carbons (Fsp3) is 0.125. The van der Waals surface area contributed by atoms with Crippen LogP contribution < -0.4 is 0 Å². The molecular formula is C8H6Cl. The van der Waals surface area contributed by atoms with Crippen molar-refractivity contribution < 1.29 is 0 Å². The molecule has 9 heavy (non-hydrogen) atoms. The third-order valence-corrected chi connectivity index (χ3v) is 1.48. The molecule has 0 amide bonds. The van der Waals surface area contributed by atoms with Crippen LogP contribution in [0.4, 0.5) is 0 Å². The molecule has 0 aromatic carbocycles. The molecule has 1 aliphatic carbocycles. The molecule has 0 saturated carbocycles. The highest BCUT2D eigenvalue weighted by molar-refractivity contribution is 6.28. The summed E-state index contributed by atoms with van der Waals surface area (Å²) in [5, 5.41) is 0. The summed E-state index contributed by atoms with van der Waals surface area (Å²) in [5.41, 5.74) is 0. The summed E-state index contributed by atoms with van der Waals surface area (Å²) in [4.78, 5) is -0.672. The van der Waals surface area contributed by atoms with Gasteiger partial charge in [-0.3, -0.25) is 0 Å². The topological polar surface area (TPSA) is 0 Å². The van der Waals surface area contributed by atoms with Gasteiger partial charge in [-0.15, -0.1) is 6.42 Å². The number of allylic oxidation sites excluding steroid dienone is 4. The standard InChI is InChI=1S/C8H6Cl/c1-2-8(9)6-4-3-5-7-8/h1,3-7H. The van der Waals surface area contributed by atoms with Gasteiger partial charge in [0.25, 0.3) is 0 Å². The van der Waals surface area contributed by atoms with Crippen LogP contribution >= 0.6 is 11.6 Å². The molecule has 1 aliphatic rings. The van der Waals surface area contributed by atoms with Crippen LogP contribution in [0.15, 0.2) is 24.3 Å². The number of halogens is 1. The highest BCUT2D eigenvalue weighted by Gasteiger charge is 2.19. The first-order chi connectivity index (χ1) is 4.27. The van der Waals surface area contributed by atoms with E-state index in [9.17, 15) is 0 Å². The minimum Gasteiger partial charge on any atom is -0.118 e. The molecule has 0 aromatic rings. The molecule has 0 aromatic heterocycles. The third-order valence-electron chi connectivity index (χ3n) is 1.12. The Balaban J connectivity index is 2.77. The lowest BCUT2D eigenvalue weighted by molar-refractivity contribution is 1.08. The molecule has 1 atom stereocenters. The minimum absolute atomic E-state index is 0.672. The SMILES string of the molecule is C#CC1(Cl)[CH]C=CC=C1. The quantitative estimate of drug-likeness (QED) is 0.354. The van der Waals surface area contributed by atoms with Crippen LogP contribution in [-0.2, 0) is 0 Å². The molecule has 0 nitrogen and oxygen atoms in total. The van der Waals surface area contributed by atoms with E-state index >= 15 is 0 Å². The number of rotatable bonds is 0. The van der Waals surface area contributed by atoms with Gasteiger partial charge in [-0.2, -0.15) is 0 Å². The monoisotopic (exact) mass is 137 g/mol. The lowest BCUT2D eigenvalue weighted by Gasteiger charge is -2.14. The molecule has 1 rings (SSSR count). The summed E-state index contributed by atoms with van der Waals surface area (Å²) >= 11 is 5.83. The van der Waals surface area contributed by atoms with E-state index in [-0.39, 0.29) is 0 Å². The minimum atomic E-state index is -0.672. The molecule has 45 valence electrons. The van der Waals surface area contributed by atoms with Crippen molar-refractivity contribution in [2.75, 3.05) is 0 Å². The van der Waals surface area contributed by atoms with Crippen LogP contribution in [0.5, 0.6) is 0 Å². The Morgan fingerprint density at radius 2 is 2.11 bits per heavy atom. The number of hydrogen-bond acceptors (Lipinski definition) is 0. The third kappa shape index (κ3) is 1.37. The van der Waals surface area contributed by atoms with E-state index in [0.29, 0.717) is 0 Å². The summed E-state index contributed by atoms with van der Waals surface area (Å²) in [7, 11) is 0. The van der Waals surface area contributed by atoms with Crippen molar-refractivity contribution in [2.45, 2.75) is 4.87 Å². The first-order valence-electron chi connectivity index (χ1n) is 2.64. The predicted molar refractivity (Wildman–Crippen MR) is 40.0 cm³/mol. The lowest BCUT2D eigenvalue weighted by Crippen LogP contribution is -2.15. The molecule has 0 bridgehead atoms. The molecule has 0 spiro atoms. The smallest absolute Gasteiger partial charge is 0.118 e. The van der Waals surface area contributed by atoms with Crippen molar-refractivity contribution in [3.05, 3.63) is 30.7 Å². The molecule has 0 fully saturated rings. The Morgan fingerprint density at radius 3 is 2.44 bits per heavy atom. The van der Waals surface area contributed by atoms with E-state index in [2.05, 4.69) is 5.92 Å². The Hall–Kier alpha value is -0.670. The van der Waals surface area contributed by atoms with Gasteiger partial charge in [-0.1, -0.05) is 41.8 Å². The summed E-state index contributed by atoms with van der Waals surface area (Å²) < 4.78 is 0. The maximum Gasteiger partial charge on any atom is 0.130 e.